The van der Waals surface area contributed by atoms with Crippen LogP contribution in [0.5, 0.6) is 0 Å². The lowest BCUT2D eigenvalue weighted by Crippen LogP contribution is -2.46. The van der Waals surface area contributed by atoms with Crippen molar-refractivity contribution in [1.29, 1.82) is 0 Å². The van der Waals surface area contributed by atoms with Crippen LogP contribution in [0, 0.1) is 0 Å². The molecule has 0 aromatic heterocycles. The quantitative estimate of drug-likeness (QED) is 0.740. The number of rotatable bonds is 5. The monoisotopic (exact) mass is 234 g/mol. The van der Waals surface area contributed by atoms with Crippen LogP contribution in [0.4, 0.5) is 4.79 Å². The fraction of sp³-hybridized carbons (Fsp3) is 0.778. The van der Waals surface area contributed by atoms with E-state index in [-0.39, 0.29) is 6.03 Å². The van der Waals surface area contributed by atoms with E-state index in [4.69, 9.17) is 5.11 Å². The van der Waals surface area contributed by atoms with Gasteiger partial charge in [0.1, 0.15) is 6.04 Å². The molecule has 0 aliphatic heterocycles. The van der Waals surface area contributed by atoms with Gasteiger partial charge in [0.15, 0.2) is 0 Å². The number of nitrogens with zero attached hydrogens (tertiary/aromatic N) is 1. The Bertz CT molecular complexity index is 235. The number of nitrogens with one attached hydrogen (secondary N) is 1. The number of aliphatic carboxylic acids is 1. The smallest absolute Gasteiger partial charge is 0.326 e. The van der Waals surface area contributed by atoms with Crippen molar-refractivity contribution >= 4 is 23.8 Å². The Balaban J connectivity index is 4.05. The summed E-state index contributed by atoms with van der Waals surface area (Å²) in [5, 5.41) is 11.7. The first-order chi connectivity index (χ1) is 6.90. The molecule has 0 saturated heterocycles. The van der Waals surface area contributed by atoms with Gasteiger partial charge in [-0.1, -0.05) is 6.92 Å². The SMILES string of the molecule is CSC(C)CNC(=O)N(C)C(C)C(=O)O. The van der Waals surface area contributed by atoms with E-state index in [1.54, 1.807) is 11.8 Å². The minimum absolute atomic E-state index is 0.322. The number of hydrogen-bond donors (Lipinski definition) is 2. The molecule has 15 heavy (non-hydrogen) atoms. The number of likely N-dealkylation sites (N-methyl/N-ethyl adjacent to an activating group) is 1. The van der Waals surface area contributed by atoms with Gasteiger partial charge in [0, 0.05) is 18.8 Å². The molecule has 5 nitrogen and oxygen atoms in total. The maximum absolute atomic E-state index is 11.5. The lowest BCUT2D eigenvalue weighted by Gasteiger charge is -2.22. The van der Waals surface area contributed by atoms with E-state index >= 15 is 0 Å². The summed E-state index contributed by atoms with van der Waals surface area (Å²) in [5.41, 5.74) is 0. The number of thioether (sulfide) groups is 1. The zero-order valence-electron chi connectivity index (χ0n) is 9.48. The Labute approximate surface area is 94.2 Å². The third-order valence-corrected chi connectivity index (χ3v) is 3.17. The van der Waals surface area contributed by atoms with E-state index in [1.165, 1.54) is 18.9 Å². The van der Waals surface area contributed by atoms with Crippen LogP contribution in [0.25, 0.3) is 0 Å². The molecule has 0 radical (unpaired) electrons. The number of carboxylic acid groups (broad SMARTS) is 1. The van der Waals surface area contributed by atoms with E-state index in [0.29, 0.717) is 11.8 Å². The molecule has 0 spiro atoms. The van der Waals surface area contributed by atoms with E-state index in [2.05, 4.69) is 5.32 Å². The Morgan fingerprint density at radius 3 is 2.40 bits per heavy atom. The van der Waals surface area contributed by atoms with Crippen LogP contribution < -0.4 is 5.32 Å². The molecule has 2 amide bonds. The standard InChI is InChI=1S/C9H18N2O3S/c1-6(15-4)5-10-9(14)11(3)7(2)8(12)13/h6-7H,5H2,1-4H3,(H,10,14)(H,12,13). The molecule has 88 valence electrons. The minimum Gasteiger partial charge on any atom is -0.480 e. The average molecular weight is 234 g/mol. The van der Waals surface area contributed by atoms with Crippen molar-refractivity contribution in [3.05, 3.63) is 0 Å². The van der Waals surface area contributed by atoms with Gasteiger partial charge in [-0.3, -0.25) is 0 Å². The summed E-state index contributed by atoms with van der Waals surface area (Å²) in [6.45, 7) is 4.00. The van der Waals surface area contributed by atoms with Gasteiger partial charge >= 0.3 is 12.0 Å². The van der Waals surface area contributed by atoms with Crippen molar-refractivity contribution < 1.29 is 14.7 Å². The maximum atomic E-state index is 11.5. The normalized spacial score (nSPS) is 14.1. The summed E-state index contributed by atoms with van der Waals surface area (Å²) in [5.74, 6) is -1.01. The topological polar surface area (TPSA) is 69.6 Å². The molecular formula is C9H18N2O3S. The highest BCUT2D eigenvalue weighted by Crippen LogP contribution is 2.03. The number of carbonyl (C=O) groups is 2. The molecule has 2 N–H and O–H groups in total. The Hall–Kier alpha value is -0.910. The largest absolute Gasteiger partial charge is 0.480 e. The summed E-state index contributed by atoms with van der Waals surface area (Å²) in [4.78, 5) is 23.2. The van der Waals surface area contributed by atoms with E-state index in [9.17, 15) is 9.59 Å². The number of amides is 2. The van der Waals surface area contributed by atoms with E-state index < -0.39 is 12.0 Å². The molecule has 0 aliphatic rings. The highest BCUT2D eigenvalue weighted by molar-refractivity contribution is 7.99. The minimum atomic E-state index is -1.01. The Kier molecular flexibility index (Phi) is 6.15. The first-order valence-corrected chi connectivity index (χ1v) is 5.95. The average Bonchev–Trinajstić information content (AvgIpc) is 2.22. The van der Waals surface area contributed by atoms with Crippen molar-refractivity contribution in [3.8, 4) is 0 Å². The van der Waals surface area contributed by atoms with Crippen LogP contribution in [0.15, 0.2) is 0 Å². The van der Waals surface area contributed by atoms with Crippen molar-refractivity contribution in [2.24, 2.45) is 0 Å². The number of urea groups is 1. The molecule has 2 atom stereocenters. The second kappa shape index (κ2) is 6.55. The van der Waals surface area contributed by atoms with E-state index in [0.717, 1.165) is 0 Å². The molecule has 0 saturated carbocycles. The van der Waals surface area contributed by atoms with Crippen LogP contribution in [-0.4, -0.2) is 53.1 Å². The van der Waals surface area contributed by atoms with Crippen LogP contribution in [0.1, 0.15) is 13.8 Å². The summed E-state index contributed by atoms with van der Waals surface area (Å²) in [6, 6.07) is -1.17. The van der Waals surface area contributed by atoms with Crippen LogP contribution in [-0.2, 0) is 4.79 Å². The van der Waals surface area contributed by atoms with Crippen molar-refractivity contribution in [2.75, 3.05) is 19.8 Å². The number of carboxylic acids is 1. The number of carbonyl (C=O) groups excluding carboxylic acids is 1. The second-order valence-electron chi connectivity index (χ2n) is 3.36. The molecule has 0 heterocycles. The van der Waals surface area contributed by atoms with Gasteiger partial charge in [-0.25, -0.2) is 9.59 Å². The predicted octanol–water partition coefficient (Wildman–Crippen LogP) is 0.852. The van der Waals surface area contributed by atoms with Crippen molar-refractivity contribution in [1.82, 2.24) is 10.2 Å². The zero-order chi connectivity index (χ0) is 12.0. The van der Waals surface area contributed by atoms with Crippen LogP contribution in [0.3, 0.4) is 0 Å². The van der Waals surface area contributed by atoms with Crippen LogP contribution >= 0.6 is 11.8 Å². The summed E-state index contributed by atoms with van der Waals surface area (Å²) in [6.07, 6.45) is 1.96. The molecule has 6 heteroatoms. The highest BCUT2D eigenvalue weighted by Gasteiger charge is 2.21. The molecule has 0 aromatic carbocycles. The number of hydrogen-bond acceptors (Lipinski definition) is 3. The fourth-order valence-corrected chi connectivity index (χ4v) is 1.03. The van der Waals surface area contributed by atoms with Gasteiger partial charge in [0.25, 0.3) is 0 Å². The van der Waals surface area contributed by atoms with Crippen molar-refractivity contribution in [3.63, 3.8) is 0 Å². The third-order valence-electron chi connectivity index (χ3n) is 2.20. The first-order valence-electron chi connectivity index (χ1n) is 4.66. The lowest BCUT2D eigenvalue weighted by atomic mass is 10.3. The fourth-order valence-electron chi connectivity index (χ4n) is 0.781. The zero-order valence-corrected chi connectivity index (χ0v) is 10.3. The molecular weight excluding hydrogens is 216 g/mol. The molecule has 0 fully saturated rings. The van der Waals surface area contributed by atoms with Gasteiger partial charge in [0.2, 0.25) is 0 Å². The molecule has 0 aliphatic carbocycles. The van der Waals surface area contributed by atoms with E-state index in [1.807, 2.05) is 13.2 Å². The Morgan fingerprint density at radius 2 is 2.00 bits per heavy atom. The van der Waals surface area contributed by atoms with Gasteiger partial charge < -0.3 is 15.3 Å². The molecule has 0 aromatic rings. The summed E-state index contributed by atoms with van der Waals surface area (Å²) >= 11 is 1.64. The summed E-state index contributed by atoms with van der Waals surface area (Å²) in [7, 11) is 1.47. The predicted molar refractivity (Wildman–Crippen MR) is 61.2 cm³/mol. The van der Waals surface area contributed by atoms with Crippen molar-refractivity contribution in [2.45, 2.75) is 25.1 Å². The molecule has 0 bridgehead atoms. The maximum Gasteiger partial charge on any atom is 0.326 e. The summed E-state index contributed by atoms with van der Waals surface area (Å²) < 4.78 is 0. The van der Waals surface area contributed by atoms with Gasteiger partial charge in [0.05, 0.1) is 0 Å². The lowest BCUT2D eigenvalue weighted by molar-refractivity contribution is -0.141. The molecule has 2 unspecified atom stereocenters. The first kappa shape index (κ1) is 14.1. The second-order valence-corrected chi connectivity index (χ2v) is 4.63. The Morgan fingerprint density at radius 1 is 1.47 bits per heavy atom. The molecule has 0 rings (SSSR count). The van der Waals surface area contributed by atoms with Gasteiger partial charge in [-0.05, 0) is 13.2 Å². The highest BCUT2D eigenvalue weighted by atomic mass is 32.2. The third kappa shape index (κ3) is 4.92. The van der Waals surface area contributed by atoms with Gasteiger partial charge in [-0.2, -0.15) is 11.8 Å². The van der Waals surface area contributed by atoms with Crippen LogP contribution in [0.2, 0.25) is 0 Å². The van der Waals surface area contributed by atoms with Gasteiger partial charge in [-0.15, -0.1) is 0 Å².